The standard InChI is InChI=1S/C22H24O3/c1-24-17-11-9-14(10-12-17)22(23)21-16-8-7-15(13-16)20(21)18-5-3-4-6-19(18)25-2/h3-6,9-12,15-16,20-21H,7-8,13H2,1-2H3/t15-,16+,20-,21-/m1/s1. The van der Waals surface area contributed by atoms with E-state index in [9.17, 15) is 4.79 Å². The maximum absolute atomic E-state index is 13.3. The quantitative estimate of drug-likeness (QED) is 0.741. The molecule has 0 aliphatic heterocycles. The van der Waals surface area contributed by atoms with Gasteiger partial charge in [0.25, 0.3) is 0 Å². The zero-order chi connectivity index (χ0) is 17.4. The van der Waals surface area contributed by atoms with Gasteiger partial charge < -0.3 is 9.47 Å². The highest BCUT2D eigenvalue weighted by Gasteiger charge is 2.51. The smallest absolute Gasteiger partial charge is 0.166 e. The van der Waals surface area contributed by atoms with Crippen LogP contribution in [0.5, 0.6) is 11.5 Å². The topological polar surface area (TPSA) is 35.5 Å². The fourth-order valence-electron chi connectivity index (χ4n) is 5.01. The zero-order valence-electron chi connectivity index (χ0n) is 14.8. The van der Waals surface area contributed by atoms with Crippen LogP contribution in [-0.4, -0.2) is 20.0 Å². The molecule has 2 aliphatic rings. The van der Waals surface area contributed by atoms with Crippen molar-refractivity contribution >= 4 is 5.78 Å². The normalized spacial score (nSPS) is 27.3. The van der Waals surface area contributed by atoms with E-state index in [2.05, 4.69) is 12.1 Å². The average molecular weight is 336 g/mol. The third-order valence-electron chi connectivity index (χ3n) is 6.09. The van der Waals surface area contributed by atoms with Crippen molar-refractivity contribution < 1.29 is 14.3 Å². The van der Waals surface area contributed by atoms with Crippen molar-refractivity contribution in [3.8, 4) is 11.5 Å². The molecule has 4 atom stereocenters. The average Bonchev–Trinajstić information content (AvgIpc) is 3.29. The number of hydrogen-bond acceptors (Lipinski definition) is 3. The number of methoxy groups -OCH3 is 2. The highest BCUT2D eigenvalue weighted by atomic mass is 16.5. The number of ether oxygens (including phenoxy) is 2. The molecule has 4 rings (SSSR count). The Morgan fingerprint density at radius 2 is 1.64 bits per heavy atom. The SMILES string of the molecule is COc1ccc(C(=O)[C@@H]2[C@H]3CC[C@H](C3)[C@@H]2c2ccccc2OC)cc1. The van der Waals surface area contributed by atoms with E-state index >= 15 is 0 Å². The van der Waals surface area contributed by atoms with E-state index in [-0.39, 0.29) is 17.6 Å². The Bertz CT molecular complexity index is 765. The number of ketones is 1. The summed E-state index contributed by atoms with van der Waals surface area (Å²) in [5.41, 5.74) is 1.99. The van der Waals surface area contributed by atoms with Crippen molar-refractivity contribution in [2.45, 2.75) is 25.2 Å². The molecule has 130 valence electrons. The van der Waals surface area contributed by atoms with Gasteiger partial charge in [-0.05, 0) is 67.0 Å². The second kappa shape index (κ2) is 6.55. The molecule has 25 heavy (non-hydrogen) atoms. The van der Waals surface area contributed by atoms with Crippen molar-refractivity contribution in [1.82, 2.24) is 0 Å². The second-order valence-electron chi connectivity index (χ2n) is 7.22. The summed E-state index contributed by atoms with van der Waals surface area (Å²) in [6.45, 7) is 0. The van der Waals surface area contributed by atoms with Crippen molar-refractivity contribution in [3.63, 3.8) is 0 Å². The Balaban J connectivity index is 1.70. The summed E-state index contributed by atoms with van der Waals surface area (Å²) in [5, 5.41) is 0. The molecule has 2 bridgehead atoms. The van der Waals surface area contributed by atoms with Crippen LogP contribution < -0.4 is 9.47 Å². The summed E-state index contributed by atoms with van der Waals surface area (Å²) in [6.07, 6.45) is 3.55. The largest absolute Gasteiger partial charge is 0.497 e. The van der Waals surface area contributed by atoms with Gasteiger partial charge in [0, 0.05) is 17.4 Å². The van der Waals surface area contributed by atoms with Gasteiger partial charge in [0.05, 0.1) is 14.2 Å². The molecule has 0 unspecified atom stereocenters. The van der Waals surface area contributed by atoms with Gasteiger partial charge in [0.15, 0.2) is 5.78 Å². The third kappa shape index (κ3) is 2.72. The summed E-state index contributed by atoms with van der Waals surface area (Å²) in [5.74, 6) is 3.38. The molecule has 0 heterocycles. The first-order valence-electron chi connectivity index (χ1n) is 9.04. The van der Waals surface area contributed by atoms with E-state index in [4.69, 9.17) is 9.47 Å². The number of para-hydroxylation sites is 1. The summed E-state index contributed by atoms with van der Waals surface area (Å²) in [4.78, 5) is 13.3. The van der Waals surface area contributed by atoms with Crippen LogP contribution in [0.4, 0.5) is 0 Å². The van der Waals surface area contributed by atoms with Crippen LogP contribution in [0.15, 0.2) is 48.5 Å². The predicted molar refractivity (Wildman–Crippen MR) is 97.4 cm³/mol. The molecule has 2 aromatic carbocycles. The highest BCUT2D eigenvalue weighted by molar-refractivity contribution is 5.99. The van der Waals surface area contributed by atoms with Gasteiger partial charge in [0.2, 0.25) is 0 Å². The van der Waals surface area contributed by atoms with Crippen LogP contribution in [0.2, 0.25) is 0 Å². The number of hydrogen-bond donors (Lipinski definition) is 0. The Labute approximate surface area is 149 Å². The summed E-state index contributed by atoms with van der Waals surface area (Å²) in [7, 11) is 3.36. The van der Waals surface area contributed by atoms with E-state index in [1.54, 1.807) is 14.2 Å². The van der Waals surface area contributed by atoms with E-state index in [1.165, 1.54) is 18.4 Å². The molecule has 0 spiro atoms. The lowest BCUT2D eigenvalue weighted by molar-refractivity contribution is 0.0852. The molecule has 0 N–H and O–H groups in total. The minimum Gasteiger partial charge on any atom is -0.497 e. The first kappa shape index (κ1) is 16.2. The zero-order valence-corrected chi connectivity index (χ0v) is 14.8. The van der Waals surface area contributed by atoms with Gasteiger partial charge in [-0.1, -0.05) is 18.2 Å². The monoisotopic (exact) mass is 336 g/mol. The van der Waals surface area contributed by atoms with E-state index < -0.39 is 0 Å². The van der Waals surface area contributed by atoms with Gasteiger partial charge >= 0.3 is 0 Å². The maximum atomic E-state index is 13.3. The highest BCUT2D eigenvalue weighted by Crippen LogP contribution is 2.58. The minimum atomic E-state index is 0.0587. The van der Waals surface area contributed by atoms with Crippen LogP contribution in [-0.2, 0) is 0 Å². The van der Waals surface area contributed by atoms with Gasteiger partial charge in [-0.2, -0.15) is 0 Å². The van der Waals surface area contributed by atoms with Crippen molar-refractivity contribution in [1.29, 1.82) is 0 Å². The minimum absolute atomic E-state index is 0.0587. The Morgan fingerprint density at radius 1 is 0.920 bits per heavy atom. The van der Waals surface area contributed by atoms with E-state index in [0.717, 1.165) is 23.5 Å². The molecular weight excluding hydrogens is 312 g/mol. The number of carbonyl (C=O) groups excluding carboxylic acids is 1. The molecular formula is C22H24O3. The lowest BCUT2D eigenvalue weighted by Gasteiger charge is -2.31. The van der Waals surface area contributed by atoms with Crippen LogP contribution in [0, 0.1) is 17.8 Å². The summed E-state index contributed by atoms with van der Waals surface area (Å²) < 4.78 is 10.8. The molecule has 0 radical (unpaired) electrons. The third-order valence-corrected chi connectivity index (χ3v) is 6.09. The number of benzene rings is 2. The Kier molecular flexibility index (Phi) is 4.24. The lowest BCUT2D eigenvalue weighted by Crippen LogP contribution is -2.28. The Morgan fingerprint density at radius 3 is 2.36 bits per heavy atom. The fourth-order valence-corrected chi connectivity index (χ4v) is 5.01. The summed E-state index contributed by atoms with van der Waals surface area (Å²) in [6, 6.07) is 15.7. The van der Waals surface area contributed by atoms with Gasteiger partial charge in [-0.3, -0.25) is 4.79 Å². The summed E-state index contributed by atoms with van der Waals surface area (Å²) >= 11 is 0. The van der Waals surface area contributed by atoms with Crippen molar-refractivity contribution in [2.75, 3.05) is 14.2 Å². The van der Waals surface area contributed by atoms with Gasteiger partial charge in [-0.25, -0.2) is 0 Å². The lowest BCUT2D eigenvalue weighted by atomic mass is 9.72. The van der Waals surface area contributed by atoms with Crippen molar-refractivity contribution in [2.24, 2.45) is 17.8 Å². The molecule has 0 aromatic heterocycles. The molecule has 2 aliphatic carbocycles. The molecule has 3 heteroatoms. The fraction of sp³-hybridized carbons (Fsp3) is 0.409. The van der Waals surface area contributed by atoms with Crippen LogP contribution >= 0.6 is 0 Å². The molecule has 2 fully saturated rings. The number of Topliss-reactive ketones (excluding diaryl/α,β-unsaturated/α-hetero) is 1. The number of carbonyl (C=O) groups is 1. The number of fused-ring (bicyclic) bond motifs is 2. The van der Waals surface area contributed by atoms with Gasteiger partial charge in [0.1, 0.15) is 11.5 Å². The van der Waals surface area contributed by atoms with E-state index in [0.29, 0.717) is 11.8 Å². The molecule has 2 aromatic rings. The second-order valence-corrected chi connectivity index (χ2v) is 7.22. The van der Waals surface area contributed by atoms with Crippen LogP contribution in [0.3, 0.4) is 0 Å². The molecule has 2 saturated carbocycles. The van der Waals surface area contributed by atoms with Crippen LogP contribution in [0.1, 0.15) is 41.1 Å². The first-order chi connectivity index (χ1) is 12.2. The first-order valence-corrected chi connectivity index (χ1v) is 9.04. The van der Waals surface area contributed by atoms with Crippen molar-refractivity contribution in [3.05, 3.63) is 59.7 Å². The Hall–Kier alpha value is -2.29. The number of rotatable bonds is 5. The van der Waals surface area contributed by atoms with Gasteiger partial charge in [-0.15, -0.1) is 0 Å². The van der Waals surface area contributed by atoms with E-state index in [1.807, 2.05) is 36.4 Å². The molecule has 3 nitrogen and oxygen atoms in total. The predicted octanol–water partition coefficient (Wildman–Crippen LogP) is 4.72. The molecule has 0 amide bonds. The van der Waals surface area contributed by atoms with Crippen LogP contribution in [0.25, 0.3) is 0 Å². The maximum Gasteiger partial charge on any atom is 0.166 e. The molecule has 0 saturated heterocycles.